The van der Waals surface area contributed by atoms with Crippen molar-refractivity contribution in [3.8, 4) is 11.1 Å². The largest absolute Gasteiger partial charge is 3.00 e. The number of rotatable bonds is 0. The molecule has 32 heavy (non-hydrogen) atoms. The van der Waals surface area contributed by atoms with E-state index >= 15 is 0 Å². The normalized spacial score (nSPS) is 18.4. The van der Waals surface area contributed by atoms with Crippen molar-refractivity contribution in [1.29, 1.82) is 0 Å². The molecule has 0 unspecified atom stereocenters. The van der Waals surface area contributed by atoms with Gasteiger partial charge in [0.1, 0.15) is 0 Å². The average Bonchev–Trinajstić information content (AvgIpc) is 3.05. The number of benzene rings is 3. The van der Waals surface area contributed by atoms with Crippen molar-refractivity contribution in [3.63, 3.8) is 0 Å². The monoisotopic (exact) mass is 499 g/mol. The Kier molecular flexibility index (Phi) is 7.16. The van der Waals surface area contributed by atoms with Gasteiger partial charge in [0.25, 0.3) is 0 Å². The summed E-state index contributed by atoms with van der Waals surface area (Å²) >= 11 is 0. The van der Waals surface area contributed by atoms with E-state index in [2.05, 4.69) is 97.9 Å². The van der Waals surface area contributed by atoms with Crippen LogP contribution in [0.4, 0.5) is 0 Å². The van der Waals surface area contributed by atoms with Crippen LogP contribution in [-0.4, -0.2) is 0 Å². The molecule has 3 aromatic rings. The van der Waals surface area contributed by atoms with Crippen LogP contribution in [0.1, 0.15) is 76.3 Å². The molecule has 3 heteroatoms. The second kappa shape index (κ2) is 8.39. The maximum atomic E-state index is 2.49. The summed E-state index contributed by atoms with van der Waals surface area (Å²) in [6.07, 6.45) is 1.06. The fraction of sp³-hybridized carbons (Fsp3) is 0.414. The summed E-state index contributed by atoms with van der Waals surface area (Å²) in [6, 6.07) is 15.9. The molecule has 167 valence electrons. The van der Waals surface area contributed by atoms with Crippen molar-refractivity contribution >= 4 is 10.8 Å². The predicted molar refractivity (Wildman–Crippen MR) is 126 cm³/mol. The SMILES string of the molecule is Cc1cccc2c3c(c4c(c12)C(C)(C)C(C)(C)C(C)(C)[C-]4C)Cc1ccccc1-3.[Cl-].[Cl-].[Ti+3]. The molecule has 0 atom stereocenters. The van der Waals surface area contributed by atoms with Gasteiger partial charge in [0.05, 0.1) is 0 Å². The zero-order chi connectivity index (χ0) is 20.9. The molecule has 0 nitrogen and oxygen atoms in total. The van der Waals surface area contributed by atoms with Gasteiger partial charge in [-0.15, -0.1) is 11.1 Å². The van der Waals surface area contributed by atoms with Crippen molar-refractivity contribution in [2.75, 3.05) is 0 Å². The van der Waals surface area contributed by atoms with E-state index in [1.54, 1.807) is 22.6 Å². The number of halogens is 2. The van der Waals surface area contributed by atoms with E-state index in [0.29, 0.717) is 0 Å². The van der Waals surface area contributed by atoms with E-state index in [1.165, 1.54) is 33.0 Å². The van der Waals surface area contributed by atoms with Crippen LogP contribution in [0.15, 0.2) is 42.5 Å². The summed E-state index contributed by atoms with van der Waals surface area (Å²) in [7, 11) is 0. The molecule has 0 aromatic heterocycles. The number of hydrogen-bond acceptors (Lipinski definition) is 0. The molecule has 0 N–H and O–H groups in total. The fourth-order valence-electron chi connectivity index (χ4n) is 6.28. The van der Waals surface area contributed by atoms with Crippen LogP contribution >= 0.6 is 0 Å². The van der Waals surface area contributed by atoms with E-state index in [4.69, 9.17) is 0 Å². The first kappa shape index (κ1) is 27.3. The van der Waals surface area contributed by atoms with E-state index in [1.807, 2.05) is 0 Å². The molecular weight excluding hydrogens is 467 g/mol. The molecule has 0 aliphatic heterocycles. The third-order valence-electron chi connectivity index (χ3n) is 9.36. The van der Waals surface area contributed by atoms with Crippen LogP contribution in [0.5, 0.6) is 0 Å². The first-order chi connectivity index (χ1) is 13.5. The molecule has 1 radical (unpaired) electrons. The Morgan fingerprint density at radius 1 is 0.844 bits per heavy atom. The molecule has 0 fully saturated rings. The third kappa shape index (κ3) is 3.10. The zero-order valence-electron chi connectivity index (χ0n) is 20.5. The van der Waals surface area contributed by atoms with Gasteiger partial charge < -0.3 is 24.8 Å². The summed E-state index contributed by atoms with van der Waals surface area (Å²) < 4.78 is 0. The van der Waals surface area contributed by atoms with Gasteiger partial charge in [0.15, 0.2) is 0 Å². The number of fused-ring (bicyclic) bond motifs is 8. The molecule has 0 saturated carbocycles. The molecule has 3 aromatic carbocycles. The molecule has 0 heterocycles. The van der Waals surface area contributed by atoms with E-state index in [0.717, 1.165) is 6.42 Å². The van der Waals surface area contributed by atoms with Gasteiger partial charge in [-0.2, -0.15) is 11.5 Å². The Bertz CT molecular complexity index is 1190. The number of aryl methyl sites for hydroxylation is 1. The molecule has 0 spiro atoms. The fourth-order valence-corrected chi connectivity index (χ4v) is 6.28. The van der Waals surface area contributed by atoms with Crippen LogP contribution in [0, 0.1) is 23.7 Å². The van der Waals surface area contributed by atoms with Crippen LogP contribution in [-0.2, 0) is 33.6 Å². The van der Waals surface area contributed by atoms with E-state index in [-0.39, 0.29) is 62.8 Å². The molecule has 5 rings (SSSR count). The second-order valence-corrected chi connectivity index (χ2v) is 10.9. The first-order valence-corrected chi connectivity index (χ1v) is 11.0. The van der Waals surface area contributed by atoms with Gasteiger partial charge >= 0.3 is 21.7 Å². The maximum Gasteiger partial charge on any atom is 3.00 e. The van der Waals surface area contributed by atoms with Gasteiger partial charge in [0, 0.05) is 0 Å². The van der Waals surface area contributed by atoms with Crippen molar-refractivity contribution in [1.82, 2.24) is 0 Å². The smallest absolute Gasteiger partial charge is 1.00 e. The summed E-state index contributed by atoms with van der Waals surface area (Å²) in [4.78, 5) is 0. The van der Waals surface area contributed by atoms with Gasteiger partial charge in [-0.3, -0.25) is 0 Å². The predicted octanol–water partition coefficient (Wildman–Crippen LogP) is 2.01. The van der Waals surface area contributed by atoms with Gasteiger partial charge in [-0.1, -0.05) is 113 Å². The van der Waals surface area contributed by atoms with E-state index < -0.39 is 0 Å². The standard InChI is InChI=1S/C29H33.2ClH.Ti/c1-17-12-11-15-21-23(17)26-24(18(2)27(3,4)29(7,8)28(26,5)6)22-16-19-13-9-10-14-20(19)25(21)22;;;/h9-15H,16H2,1-8H3;2*1H;/q-1;;;+3/p-2. The molecule has 2 aliphatic rings. The van der Waals surface area contributed by atoms with Crippen LogP contribution in [0.3, 0.4) is 0 Å². The van der Waals surface area contributed by atoms with E-state index in [9.17, 15) is 0 Å². The quantitative estimate of drug-likeness (QED) is 0.256. The summed E-state index contributed by atoms with van der Waals surface area (Å²) in [5.41, 5.74) is 10.9. The summed E-state index contributed by atoms with van der Waals surface area (Å²) in [5.74, 6) is 1.56. The molecule has 2 aliphatic carbocycles. The summed E-state index contributed by atoms with van der Waals surface area (Å²) in [6.45, 7) is 19.6. The van der Waals surface area contributed by atoms with Crippen LogP contribution in [0.25, 0.3) is 21.9 Å². The molecule has 0 bridgehead atoms. The second-order valence-electron chi connectivity index (χ2n) is 10.9. The third-order valence-corrected chi connectivity index (χ3v) is 9.36. The Morgan fingerprint density at radius 3 is 2.12 bits per heavy atom. The van der Waals surface area contributed by atoms with Crippen LogP contribution < -0.4 is 24.8 Å². The first-order valence-electron chi connectivity index (χ1n) is 11.0. The Morgan fingerprint density at radius 2 is 1.47 bits per heavy atom. The number of hydrogen-bond donors (Lipinski definition) is 0. The Hall–Kier alpha value is -0.916. The minimum absolute atomic E-state index is 0. The molecular formula is C29H33Cl2Ti. The van der Waals surface area contributed by atoms with Gasteiger partial charge in [0.2, 0.25) is 0 Å². The minimum atomic E-state index is 0. The van der Waals surface area contributed by atoms with Crippen molar-refractivity contribution in [3.05, 3.63) is 76.2 Å². The molecule has 0 saturated heterocycles. The maximum absolute atomic E-state index is 2.49. The van der Waals surface area contributed by atoms with Crippen molar-refractivity contribution < 1.29 is 46.5 Å². The topological polar surface area (TPSA) is 0 Å². The van der Waals surface area contributed by atoms with Crippen LogP contribution in [0.2, 0.25) is 0 Å². The zero-order valence-corrected chi connectivity index (χ0v) is 23.6. The van der Waals surface area contributed by atoms with Gasteiger partial charge in [-0.25, -0.2) is 0 Å². The Balaban J connectivity index is 0.00000121. The van der Waals surface area contributed by atoms with Crippen molar-refractivity contribution in [2.45, 2.75) is 67.2 Å². The Labute approximate surface area is 221 Å². The van der Waals surface area contributed by atoms with Crippen molar-refractivity contribution in [2.24, 2.45) is 10.8 Å². The summed E-state index contributed by atoms with van der Waals surface area (Å²) in [5, 5.41) is 2.94. The average molecular weight is 500 g/mol. The minimum Gasteiger partial charge on any atom is -1.00 e. The molecule has 0 amide bonds. The van der Waals surface area contributed by atoms with Gasteiger partial charge in [-0.05, 0) is 40.7 Å².